The predicted molar refractivity (Wildman–Crippen MR) is 510 cm³/mol. The smallest absolute Gasteiger partial charge is 0.480 e. The lowest BCUT2D eigenvalue weighted by molar-refractivity contribution is -0.465. The van der Waals surface area contributed by atoms with Gasteiger partial charge < -0.3 is 33.6 Å². The van der Waals surface area contributed by atoms with E-state index >= 15 is 0 Å². The van der Waals surface area contributed by atoms with Gasteiger partial charge in [0.15, 0.2) is 28.9 Å². The number of carbonyl (C=O) groups excluding carboxylic acids is 1. The summed E-state index contributed by atoms with van der Waals surface area (Å²) in [6.45, 7) is 18.5. The minimum Gasteiger partial charge on any atom is -0.496 e. The Hall–Kier alpha value is -15.3. The van der Waals surface area contributed by atoms with Gasteiger partial charge in [-0.15, -0.1) is 0 Å². The maximum atomic E-state index is 11.4. The lowest BCUT2D eigenvalue weighted by Gasteiger charge is -2.12. The molecule has 35 heteroatoms. The van der Waals surface area contributed by atoms with E-state index in [2.05, 4.69) is 86.4 Å². The molecule has 131 heavy (non-hydrogen) atoms. The topological polar surface area (TPSA) is 354 Å². The molecule has 0 aliphatic carbocycles. The summed E-state index contributed by atoms with van der Waals surface area (Å²) in [5.41, 5.74) is 26.3. The molecule has 32 nitrogen and oxygen atoms in total. The van der Waals surface area contributed by atoms with Crippen LogP contribution in [0.2, 0.25) is 5.15 Å². The van der Waals surface area contributed by atoms with Crippen molar-refractivity contribution in [3.63, 3.8) is 0 Å². The summed E-state index contributed by atoms with van der Waals surface area (Å²) in [5, 5.41) is 68.8. The van der Waals surface area contributed by atoms with Crippen molar-refractivity contribution in [2.24, 2.45) is 0 Å². The van der Waals surface area contributed by atoms with Crippen LogP contribution in [0.4, 0.5) is 0 Å². The minimum atomic E-state index is -1.37. The van der Waals surface area contributed by atoms with Crippen molar-refractivity contribution >= 4 is 77.6 Å². The van der Waals surface area contributed by atoms with Crippen molar-refractivity contribution in [3.05, 3.63) is 323 Å². The fourth-order valence-electron chi connectivity index (χ4n) is 14.7. The number of aryl methyl sites for hydroxylation is 9. The fourth-order valence-corrected chi connectivity index (χ4v) is 15.0. The highest BCUT2D eigenvalue weighted by molar-refractivity contribution is 7.97. The fraction of sp³-hybridized carbons (Fsp3) is 0.167. The molecule has 0 aliphatic heterocycles. The Labute approximate surface area is 764 Å². The lowest BCUT2D eigenvalue weighted by atomic mass is 9.91. The van der Waals surface area contributed by atoms with Gasteiger partial charge in [0.2, 0.25) is 0 Å². The Bertz CT molecular complexity index is 7140. The molecule has 13 heterocycles. The van der Waals surface area contributed by atoms with Gasteiger partial charge in [0.1, 0.15) is 33.8 Å². The molecule has 0 amide bonds. The van der Waals surface area contributed by atoms with Crippen molar-refractivity contribution in [1.82, 2.24) is 107 Å². The summed E-state index contributed by atoms with van der Waals surface area (Å²) >= 11 is 8.07. The first-order valence-electron chi connectivity index (χ1n) is 41.1. The van der Waals surface area contributed by atoms with E-state index in [1.165, 1.54) is 5.98 Å². The molecule has 0 radical (unpaired) electrons. The second kappa shape index (κ2) is 43.5. The van der Waals surface area contributed by atoms with E-state index < -0.39 is 7.12 Å². The van der Waals surface area contributed by atoms with Gasteiger partial charge in [0, 0.05) is 125 Å². The number of aromatic nitrogens is 22. The molecule has 4 N–H and O–H groups in total. The van der Waals surface area contributed by atoms with Crippen LogP contribution < -0.4 is 18.9 Å². The van der Waals surface area contributed by atoms with E-state index in [9.17, 15) is 4.79 Å². The largest absolute Gasteiger partial charge is 0.496 e. The number of aldehydes is 1. The van der Waals surface area contributed by atoms with Gasteiger partial charge in [-0.25, -0.2) is 72.2 Å². The zero-order valence-corrected chi connectivity index (χ0v) is 76.2. The molecule has 0 saturated carbocycles. The van der Waals surface area contributed by atoms with Crippen LogP contribution in [-0.4, -0.2) is 182 Å². The molecule has 0 fully saturated rings. The van der Waals surface area contributed by atoms with Gasteiger partial charge in [0.05, 0.1) is 126 Å². The zero-order valence-electron chi connectivity index (χ0n) is 74.6. The number of thioether (sulfide) groups is 1. The van der Waals surface area contributed by atoms with Crippen LogP contribution in [0.1, 0.15) is 79.8 Å². The molecule has 0 aliphatic rings. The van der Waals surface area contributed by atoms with Crippen molar-refractivity contribution in [2.45, 2.75) is 68.9 Å². The monoisotopic (exact) mass is 1790 g/mol. The zero-order chi connectivity index (χ0) is 92.9. The molecule has 0 saturated heterocycles. The Balaban J connectivity index is 0.000000141. The van der Waals surface area contributed by atoms with Crippen molar-refractivity contribution < 1.29 is 49.3 Å². The molecule has 19 aromatic rings. The molecule has 0 spiro atoms. The molecule has 19 rings (SSSR count). The van der Waals surface area contributed by atoms with Crippen LogP contribution in [0.15, 0.2) is 250 Å². The number of fused-ring (bicyclic) bond motifs is 4. The van der Waals surface area contributed by atoms with Gasteiger partial charge in [-0.2, -0.15) is 52.6 Å². The van der Waals surface area contributed by atoms with E-state index in [-0.39, 0.29) is 0 Å². The minimum absolute atomic E-state index is 0.467. The average Bonchev–Trinajstić information content (AvgIpc) is 1.59. The molecular formula is C96H96BClN22O10S. The number of nitrogens with zero attached hydrogens (tertiary/aromatic N) is 22. The number of halogens is 1. The summed E-state index contributed by atoms with van der Waals surface area (Å²) in [4.78, 5) is 34.6. The number of rotatable bonds is 19. The molecule has 666 valence electrons. The number of hydrogen-bond acceptors (Lipinski definition) is 24. The lowest BCUT2D eigenvalue weighted by Crippen LogP contribution is -2.05. The number of ether oxygens (including phenoxy) is 4. The van der Waals surface area contributed by atoms with Crippen molar-refractivity contribution in [1.29, 1.82) is 0 Å². The van der Waals surface area contributed by atoms with Gasteiger partial charge in [-0.05, 0) is 189 Å². The number of carbonyl (C=O) groups is 1. The summed E-state index contributed by atoms with van der Waals surface area (Å²) in [6.07, 6.45) is 29.0. The normalized spacial score (nSPS) is 11.0. The van der Waals surface area contributed by atoms with Gasteiger partial charge in [-0.1, -0.05) is 95.4 Å². The standard InChI is InChI=1S/C26H23N5O.C23H23N7O.C19H17N5O2.C18H16ClN5O.C8H9BO2.C2H6S.H2O3/c1-18-16-22(11-10-20-8-5-4-6-9-20)31-26(28-18)25(19(2)29-31)23-13-12-21(17-24(23)32-3)30-15-7-14-27-30;1-5-28-14-24-13-20(28)19-11-15(2)26-23-22(16(3)27-30(19)23)18-8-7-17(12-21(18)31-4)29-10-6-9-25-29;1-12-9-15(11-25)24-19(21-12)18(13(2)22-24)16-6-5-14(10-17(16)26-3)23-8-4-7-20-23;1-11-9-16(19)24-18(21-11)17(12(2)22-24)14-6-5-13(10-15(14)25-3)23-8-4-7-20-23;10-9(11)7-6-8-4-2-1-3-5-8;2*1-3-2/h4-17H,1-3H3;6-14H,5H2,1-4H3;4-11H,1-3H3;4-10H,1-3H3;1-7,10-11H;1-2H3;1-2H/b11-10+;;;;7-6+;;. The average molecular weight is 1800 g/mol. The third kappa shape index (κ3) is 21.4. The molecule has 0 unspecified atom stereocenters. The van der Waals surface area contributed by atoms with Gasteiger partial charge in [-0.3, -0.25) is 4.79 Å². The second-order valence-electron chi connectivity index (χ2n) is 29.4. The van der Waals surface area contributed by atoms with Crippen molar-refractivity contribution in [2.75, 3.05) is 41.0 Å². The maximum Gasteiger partial charge on any atom is 0.480 e. The van der Waals surface area contributed by atoms with E-state index in [4.69, 9.17) is 71.3 Å². The Morgan fingerprint density at radius 1 is 0.412 bits per heavy atom. The molecule has 0 bridgehead atoms. The van der Waals surface area contributed by atoms with E-state index in [1.54, 1.807) is 102 Å². The summed E-state index contributed by atoms with van der Waals surface area (Å²) in [5.74, 6) is 4.22. The number of imidazole rings is 1. The summed E-state index contributed by atoms with van der Waals surface area (Å²) < 4.78 is 39.1. The van der Waals surface area contributed by atoms with E-state index in [0.717, 1.165) is 182 Å². The Morgan fingerprint density at radius 2 is 0.748 bits per heavy atom. The number of hydrogen-bond donors (Lipinski definition) is 4. The molecule has 13 aromatic heterocycles. The molecule has 0 atom stereocenters. The van der Waals surface area contributed by atoms with Crippen LogP contribution in [0.25, 0.3) is 119 Å². The first-order valence-corrected chi connectivity index (χ1v) is 43.1. The number of benzene rings is 6. The Morgan fingerprint density at radius 3 is 1.11 bits per heavy atom. The summed E-state index contributed by atoms with van der Waals surface area (Å²) in [7, 11) is 5.27. The van der Waals surface area contributed by atoms with Crippen LogP contribution in [-0.2, 0) is 11.6 Å². The van der Waals surface area contributed by atoms with Crippen molar-refractivity contribution in [3.8, 4) is 102 Å². The molecule has 6 aromatic carbocycles. The first kappa shape index (κ1) is 93.3. The van der Waals surface area contributed by atoms with Gasteiger partial charge in [0.25, 0.3) is 0 Å². The van der Waals surface area contributed by atoms with E-state index in [0.29, 0.717) is 27.9 Å². The third-order valence-electron chi connectivity index (χ3n) is 20.4. The van der Waals surface area contributed by atoms with Crippen LogP contribution in [0.5, 0.6) is 23.0 Å². The summed E-state index contributed by atoms with van der Waals surface area (Å²) in [6, 6.07) is 58.7. The first-order chi connectivity index (χ1) is 63.5. The highest BCUT2D eigenvalue weighted by atomic mass is 35.5. The van der Waals surface area contributed by atoms with Crippen LogP contribution >= 0.6 is 23.4 Å². The maximum absolute atomic E-state index is 11.4. The quantitative estimate of drug-likeness (QED) is 0.0192. The predicted octanol–water partition coefficient (Wildman–Crippen LogP) is 18.0. The van der Waals surface area contributed by atoms with E-state index in [1.807, 2.05) is 281 Å². The van der Waals surface area contributed by atoms with Crippen LogP contribution in [0, 0.1) is 55.4 Å². The SMILES string of the molecule is CCn1cncc1-c1cc(C)nc2c(-c3ccc(-n4cccn4)cc3OC)c(C)nn12.COc1cc(-n2cccn2)ccc1-c1c(C)nn2c(/C=C/c3ccccc3)cc(C)nc12.COc1cc(-n2cccn2)ccc1-c1c(C)nn2c(C=O)cc(C)nc12.COc1cc(-n2cccn2)ccc1-c1c(C)nn2c(Cl)cc(C)nc12.CSC.OB(O)/C=C/c1ccccc1.OOO. The highest BCUT2D eigenvalue weighted by Crippen LogP contribution is 2.42. The molecular weight excluding hydrogens is 1700 g/mol. The second-order valence-corrected chi connectivity index (χ2v) is 30.6. The van der Waals surface area contributed by atoms with Gasteiger partial charge >= 0.3 is 7.12 Å². The third-order valence-corrected chi connectivity index (χ3v) is 20.7. The Kier molecular flexibility index (Phi) is 31.0. The van der Waals surface area contributed by atoms with Crippen LogP contribution in [0.3, 0.4) is 0 Å². The number of methoxy groups -OCH3 is 4. The highest BCUT2D eigenvalue weighted by Gasteiger charge is 2.26.